The summed E-state index contributed by atoms with van der Waals surface area (Å²) in [5, 5.41) is 0.715. The standard InChI is InChI=1S/C15H20Cl2O/c1-2-11-3-6-14(7-4-11)18-15-8-5-13(17)9-12(15)10-16/h5,8-9,11,14H,2-4,6-7,10H2,1H3. The molecular formula is C15H20Cl2O. The SMILES string of the molecule is CCC1CCC(Oc2ccc(Cl)cc2CCl)CC1. The van der Waals surface area contributed by atoms with Crippen LogP contribution in [-0.4, -0.2) is 6.10 Å². The van der Waals surface area contributed by atoms with Crippen molar-refractivity contribution in [2.24, 2.45) is 5.92 Å². The zero-order chi connectivity index (χ0) is 13.0. The van der Waals surface area contributed by atoms with Crippen molar-refractivity contribution in [2.45, 2.75) is 51.0 Å². The van der Waals surface area contributed by atoms with Gasteiger partial charge in [0.25, 0.3) is 0 Å². The summed E-state index contributed by atoms with van der Waals surface area (Å²) in [4.78, 5) is 0. The fraction of sp³-hybridized carbons (Fsp3) is 0.600. The van der Waals surface area contributed by atoms with Crippen LogP contribution in [0, 0.1) is 5.92 Å². The van der Waals surface area contributed by atoms with E-state index in [-0.39, 0.29) is 0 Å². The van der Waals surface area contributed by atoms with E-state index in [1.54, 1.807) is 0 Å². The van der Waals surface area contributed by atoms with E-state index in [0.29, 0.717) is 17.0 Å². The van der Waals surface area contributed by atoms with Crippen molar-refractivity contribution in [3.63, 3.8) is 0 Å². The van der Waals surface area contributed by atoms with Gasteiger partial charge in [-0.3, -0.25) is 0 Å². The van der Waals surface area contributed by atoms with Gasteiger partial charge in [0.2, 0.25) is 0 Å². The molecule has 1 aromatic rings. The van der Waals surface area contributed by atoms with Crippen LogP contribution in [0.1, 0.15) is 44.6 Å². The summed E-state index contributed by atoms with van der Waals surface area (Å²) in [5.41, 5.74) is 0.988. The first-order valence-electron chi connectivity index (χ1n) is 6.74. The summed E-state index contributed by atoms with van der Waals surface area (Å²) in [6.45, 7) is 2.27. The summed E-state index contributed by atoms with van der Waals surface area (Å²) < 4.78 is 6.08. The predicted octanol–water partition coefficient (Wildman–Crippen LogP) is 5.43. The van der Waals surface area contributed by atoms with Crippen LogP contribution in [0.2, 0.25) is 5.02 Å². The van der Waals surface area contributed by atoms with Gasteiger partial charge in [-0.15, -0.1) is 11.6 Å². The van der Waals surface area contributed by atoms with Crippen LogP contribution in [-0.2, 0) is 5.88 Å². The second-order valence-corrected chi connectivity index (χ2v) is 5.76. The maximum Gasteiger partial charge on any atom is 0.124 e. The van der Waals surface area contributed by atoms with Crippen molar-refractivity contribution in [3.05, 3.63) is 28.8 Å². The average molecular weight is 287 g/mol. The fourth-order valence-electron chi connectivity index (χ4n) is 2.60. The van der Waals surface area contributed by atoms with Gasteiger partial charge in [-0.25, -0.2) is 0 Å². The number of halogens is 2. The van der Waals surface area contributed by atoms with Crippen LogP contribution in [0.5, 0.6) is 5.75 Å². The lowest BCUT2D eigenvalue weighted by atomic mass is 9.86. The van der Waals surface area contributed by atoms with E-state index < -0.39 is 0 Å². The van der Waals surface area contributed by atoms with Crippen LogP contribution >= 0.6 is 23.2 Å². The predicted molar refractivity (Wildman–Crippen MR) is 77.7 cm³/mol. The zero-order valence-electron chi connectivity index (χ0n) is 10.8. The molecule has 0 N–H and O–H groups in total. The van der Waals surface area contributed by atoms with E-state index >= 15 is 0 Å². The van der Waals surface area contributed by atoms with Gasteiger partial charge in [0.05, 0.1) is 12.0 Å². The Labute approximate surface area is 119 Å². The maximum atomic E-state index is 6.08. The van der Waals surface area contributed by atoms with E-state index in [2.05, 4.69) is 6.92 Å². The minimum absolute atomic E-state index is 0.343. The molecule has 0 bridgehead atoms. The van der Waals surface area contributed by atoms with E-state index in [9.17, 15) is 0 Å². The third-order valence-corrected chi connectivity index (χ3v) is 4.35. The lowest BCUT2D eigenvalue weighted by Gasteiger charge is -2.29. The van der Waals surface area contributed by atoms with Gasteiger partial charge < -0.3 is 4.74 Å². The van der Waals surface area contributed by atoms with Gasteiger partial charge >= 0.3 is 0 Å². The van der Waals surface area contributed by atoms with Crippen LogP contribution in [0.15, 0.2) is 18.2 Å². The maximum absolute atomic E-state index is 6.08. The van der Waals surface area contributed by atoms with E-state index in [1.165, 1.54) is 19.3 Å². The molecule has 1 aromatic carbocycles. The van der Waals surface area contributed by atoms with Crippen LogP contribution in [0.4, 0.5) is 0 Å². The average Bonchev–Trinajstić information content (AvgIpc) is 2.41. The Morgan fingerprint density at radius 3 is 2.56 bits per heavy atom. The van der Waals surface area contributed by atoms with E-state index in [0.717, 1.165) is 30.1 Å². The highest BCUT2D eigenvalue weighted by Gasteiger charge is 2.21. The van der Waals surface area contributed by atoms with Crippen LogP contribution < -0.4 is 4.74 Å². The fourth-order valence-corrected chi connectivity index (χ4v) is 3.01. The number of alkyl halides is 1. The Kier molecular flexibility index (Phi) is 5.20. The Morgan fingerprint density at radius 1 is 1.22 bits per heavy atom. The Bertz CT molecular complexity index is 384. The Hall–Kier alpha value is -0.400. The molecule has 0 spiro atoms. The highest BCUT2D eigenvalue weighted by atomic mass is 35.5. The molecule has 1 nitrogen and oxygen atoms in total. The normalized spacial score (nSPS) is 23.9. The van der Waals surface area contributed by atoms with E-state index in [4.69, 9.17) is 27.9 Å². The molecule has 1 fully saturated rings. The molecule has 100 valence electrons. The first-order valence-corrected chi connectivity index (χ1v) is 7.65. The van der Waals surface area contributed by atoms with Crippen molar-refractivity contribution in [1.29, 1.82) is 0 Å². The molecule has 0 unspecified atom stereocenters. The molecule has 0 amide bonds. The summed E-state index contributed by atoms with van der Waals surface area (Å²) in [6, 6.07) is 5.69. The molecule has 1 saturated carbocycles. The summed E-state index contributed by atoms with van der Waals surface area (Å²) in [6.07, 6.45) is 6.51. The molecule has 3 heteroatoms. The Morgan fingerprint density at radius 2 is 1.94 bits per heavy atom. The molecule has 0 aromatic heterocycles. The zero-order valence-corrected chi connectivity index (χ0v) is 12.3. The van der Waals surface area contributed by atoms with Crippen molar-refractivity contribution < 1.29 is 4.74 Å². The minimum atomic E-state index is 0.343. The highest BCUT2D eigenvalue weighted by Crippen LogP contribution is 2.31. The second kappa shape index (κ2) is 6.68. The third kappa shape index (κ3) is 3.55. The number of ether oxygens (including phenoxy) is 1. The first kappa shape index (κ1) is 14.0. The molecule has 0 radical (unpaired) electrons. The molecule has 18 heavy (non-hydrogen) atoms. The lowest BCUT2D eigenvalue weighted by molar-refractivity contribution is 0.129. The highest BCUT2D eigenvalue weighted by molar-refractivity contribution is 6.30. The van der Waals surface area contributed by atoms with Gasteiger partial charge in [-0.1, -0.05) is 24.9 Å². The smallest absolute Gasteiger partial charge is 0.124 e. The number of benzene rings is 1. The van der Waals surface area contributed by atoms with Crippen LogP contribution in [0.25, 0.3) is 0 Å². The lowest BCUT2D eigenvalue weighted by Crippen LogP contribution is -2.24. The molecule has 1 aliphatic carbocycles. The van der Waals surface area contributed by atoms with Crippen molar-refractivity contribution in [3.8, 4) is 5.75 Å². The molecule has 1 aliphatic rings. The molecule has 0 aliphatic heterocycles. The largest absolute Gasteiger partial charge is 0.490 e. The molecule has 0 saturated heterocycles. The summed E-state index contributed by atoms with van der Waals surface area (Å²) in [5.74, 6) is 2.23. The molecule has 0 atom stereocenters. The monoisotopic (exact) mass is 286 g/mol. The van der Waals surface area contributed by atoms with Gasteiger partial charge in [0.15, 0.2) is 0 Å². The van der Waals surface area contributed by atoms with Crippen molar-refractivity contribution in [1.82, 2.24) is 0 Å². The van der Waals surface area contributed by atoms with Gasteiger partial charge in [-0.2, -0.15) is 0 Å². The first-order chi connectivity index (χ1) is 8.72. The number of hydrogen-bond donors (Lipinski definition) is 0. The quantitative estimate of drug-likeness (QED) is 0.671. The van der Waals surface area contributed by atoms with E-state index in [1.807, 2.05) is 18.2 Å². The second-order valence-electron chi connectivity index (χ2n) is 5.05. The third-order valence-electron chi connectivity index (χ3n) is 3.83. The van der Waals surface area contributed by atoms with Gasteiger partial charge in [0.1, 0.15) is 5.75 Å². The number of rotatable bonds is 4. The summed E-state index contributed by atoms with van der Waals surface area (Å²) >= 11 is 11.9. The van der Waals surface area contributed by atoms with Crippen LogP contribution in [0.3, 0.4) is 0 Å². The molecule has 0 heterocycles. The Balaban J connectivity index is 1.97. The van der Waals surface area contributed by atoms with Crippen molar-refractivity contribution >= 4 is 23.2 Å². The molecular weight excluding hydrogens is 267 g/mol. The minimum Gasteiger partial charge on any atom is -0.490 e. The van der Waals surface area contributed by atoms with Crippen molar-refractivity contribution in [2.75, 3.05) is 0 Å². The number of hydrogen-bond acceptors (Lipinski definition) is 1. The van der Waals surface area contributed by atoms with Gasteiger partial charge in [-0.05, 0) is 49.8 Å². The summed E-state index contributed by atoms with van der Waals surface area (Å²) in [7, 11) is 0. The molecule has 2 rings (SSSR count). The topological polar surface area (TPSA) is 9.23 Å². The van der Waals surface area contributed by atoms with Gasteiger partial charge in [0, 0.05) is 10.6 Å².